The second kappa shape index (κ2) is 6.36. The quantitative estimate of drug-likeness (QED) is 0.587. The van der Waals surface area contributed by atoms with Crippen molar-refractivity contribution in [3.05, 3.63) is 42.2 Å². The van der Waals surface area contributed by atoms with Crippen LogP contribution in [0.15, 0.2) is 45.4 Å². The van der Waals surface area contributed by atoms with Crippen LogP contribution >= 0.6 is 0 Å². The molecule has 1 N–H and O–H groups in total. The summed E-state index contributed by atoms with van der Waals surface area (Å²) in [7, 11) is 1.57. The fourth-order valence-electron chi connectivity index (χ4n) is 2.50. The molecule has 9 heteroatoms. The van der Waals surface area contributed by atoms with E-state index in [0.29, 0.717) is 23.6 Å². The van der Waals surface area contributed by atoms with Crippen LogP contribution < -0.4 is 10.1 Å². The maximum atomic E-state index is 12.2. The summed E-state index contributed by atoms with van der Waals surface area (Å²) in [6.07, 6.45) is 1.72. The van der Waals surface area contributed by atoms with Gasteiger partial charge in [0.1, 0.15) is 0 Å². The second-order valence-corrected chi connectivity index (χ2v) is 5.41. The number of hydrogen-bond donors (Lipinski definition) is 1. The highest BCUT2D eigenvalue weighted by molar-refractivity contribution is 6.01. The Balaban J connectivity index is 1.57. The lowest BCUT2D eigenvalue weighted by atomic mass is 10.2. The highest BCUT2D eigenvalue weighted by atomic mass is 16.5. The van der Waals surface area contributed by atoms with Crippen molar-refractivity contribution >= 4 is 22.9 Å². The van der Waals surface area contributed by atoms with E-state index in [-0.39, 0.29) is 17.6 Å². The van der Waals surface area contributed by atoms with Crippen molar-refractivity contribution in [2.45, 2.75) is 13.5 Å². The van der Waals surface area contributed by atoms with Crippen LogP contribution in [0, 0.1) is 0 Å². The Morgan fingerprint density at radius 3 is 2.92 bits per heavy atom. The van der Waals surface area contributed by atoms with Gasteiger partial charge in [-0.1, -0.05) is 17.2 Å². The molecule has 0 saturated heterocycles. The molecule has 0 aliphatic carbocycles. The van der Waals surface area contributed by atoms with Crippen molar-refractivity contribution in [3.8, 4) is 17.4 Å². The SMILES string of the molecule is CCn1ccc(C(=O)Nc2nnc(-c3cc4cccc(OC)c4o3)o2)n1. The summed E-state index contributed by atoms with van der Waals surface area (Å²) >= 11 is 0. The summed E-state index contributed by atoms with van der Waals surface area (Å²) in [5.41, 5.74) is 0.846. The van der Waals surface area contributed by atoms with Gasteiger partial charge >= 0.3 is 6.01 Å². The molecule has 1 amide bonds. The van der Waals surface area contributed by atoms with E-state index in [1.165, 1.54) is 0 Å². The molecule has 0 fully saturated rings. The monoisotopic (exact) mass is 353 g/mol. The largest absolute Gasteiger partial charge is 0.493 e. The number of rotatable bonds is 5. The summed E-state index contributed by atoms with van der Waals surface area (Å²) in [6.45, 7) is 2.61. The zero-order valence-electron chi connectivity index (χ0n) is 14.1. The molecule has 9 nitrogen and oxygen atoms in total. The van der Waals surface area contributed by atoms with Gasteiger partial charge in [0.05, 0.1) is 7.11 Å². The summed E-state index contributed by atoms with van der Waals surface area (Å²) < 4.78 is 18.1. The van der Waals surface area contributed by atoms with E-state index < -0.39 is 5.91 Å². The van der Waals surface area contributed by atoms with E-state index in [0.717, 1.165) is 5.39 Å². The highest BCUT2D eigenvalue weighted by Gasteiger charge is 2.18. The normalized spacial score (nSPS) is 11.0. The molecule has 1 aromatic carbocycles. The number of ether oxygens (including phenoxy) is 1. The van der Waals surface area contributed by atoms with Crippen molar-refractivity contribution in [3.63, 3.8) is 0 Å². The molecule has 3 aromatic heterocycles. The molecular weight excluding hydrogens is 338 g/mol. The highest BCUT2D eigenvalue weighted by Crippen LogP contribution is 2.33. The van der Waals surface area contributed by atoms with Gasteiger partial charge in [-0.05, 0) is 25.1 Å². The lowest BCUT2D eigenvalue weighted by molar-refractivity contribution is 0.101. The van der Waals surface area contributed by atoms with Crippen molar-refractivity contribution in [1.82, 2.24) is 20.0 Å². The molecule has 3 heterocycles. The number of nitrogens with zero attached hydrogens (tertiary/aromatic N) is 4. The molecule has 0 aliphatic rings. The maximum Gasteiger partial charge on any atom is 0.322 e. The first-order valence-electron chi connectivity index (χ1n) is 7.93. The lowest BCUT2D eigenvalue weighted by Gasteiger charge is -1.98. The number of benzene rings is 1. The summed E-state index contributed by atoms with van der Waals surface area (Å²) in [6, 6.07) is 8.87. The third kappa shape index (κ3) is 2.79. The second-order valence-electron chi connectivity index (χ2n) is 5.41. The van der Waals surface area contributed by atoms with E-state index >= 15 is 0 Å². The molecule has 0 atom stereocenters. The number of amides is 1. The average molecular weight is 353 g/mol. The molecule has 0 bridgehead atoms. The molecule has 4 aromatic rings. The van der Waals surface area contributed by atoms with E-state index in [1.54, 1.807) is 36.2 Å². The zero-order valence-corrected chi connectivity index (χ0v) is 14.1. The number of fused-ring (bicyclic) bond motifs is 1. The topological polar surface area (TPSA) is 108 Å². The van der Waals surface area contributed by atoms with Crippen LogP contribution in [0.2, 0.25) is 0 Å². The van der Waals surface area contributed by atoms with Crippen LogP contribution in [-0.4, -0.2) is 33.0 Å². The number of para-hydroxylation sites is 1. The summed E-state index contributed by atoms with van der Waals surface area (Å²) in [4.78, 5) is 12.2. The molecular formula is C17H15N5O4. The van der Waals surface area contributed by atoms with Crippen LogP contribution in [0.25, 0.3) is 22.6 Å². The van der Waals surface area contributed by atoms with Gasteiger partial charge in [0.2, 0.25) is 0 Å². The van der Waals surface area contributed by atoms with Gasteiger partial charge in [0, 0.05) is 18.1 Å². The third-order valence-corrected chi connectivity index (χ3v) is 3.78. The minimum Gasteiger partial charge on any atom is -0.493 e. The van der Waals surface area contributed by atoms with Gasteiger partial charge in [-0.25, -0.2) is 0 Å². The van der Waals surface area contributed by atoms with Gasteiger partial charge in [0.25, 0.3) is 11.8 Å². The molecule has 0 saturated carbocycles. The van der Waals surface area contributed by atoms with Gasteiger partial charge in [-0.2, -0.15) is 5.10 Å². The van der Waals surface area contributed by atoms with E-state index in [9.17, 15) is 4.79 Å². The van der Waals surface area contributed by atoms with Gasteiger partial charge < -0.3 is 13.6 Å². The number of hydrogen-bond acceptors (Lipinski definition) is 7. The zero-order chi connectivity index (χ0) is 18.1. The number of furan rings is 1. The van der Waals surface area contributed by atoms with Crippen LogP contribution in [0.1, 0.15) is 17.4 Å². The summed E-state index contributed by atoms with van der Waals surface area (Å²) in [5, 5.41) is 15.2. The Bertz CT molecular complexity index is 1080. The van der Waals surface area contributed by atoms with Crippen LogP contribution in [0.3, 0.4) is 0 Å². The number of methoxy groups -OCH3 is 1. The van der Waals surface area contributed by atoms with Gasteiger partial charge in [-0.3, -0.25) is 14.8 Å². The summed E-state index contributed by atoms with van der Waals surface area (Å²) in [5.74, 6) is 0.706. The minimum absolute atomic E-state index is 0.0385. The van der Waals surface area contributed by atoms with Crippen LogP contribution in [0.5, 0.6) is 5.75 Å². The van der Waals surface area contributed by atoms with Crippen molar-refractivity contribution in [2.75, 3.05) is 12.4 Å². The number of aryl methyl sites for hydroxylation is 1. The molecule has 26 heavy (non-hydrogen) atoms. The first-order valence-corrected chi connectivity index (χ1v) is 7.93. The maximum absolute atomic E-state index is 12.2. The molecule has 0 spiro atoms. The molecule has 0 aliphatic heterocycles. The van der Waals surface area contributed by atoms with Gasteiger partial charge in [-0.15, -0.1) is 5.10 Å². The van der Waals surface area contributed by atoms with Crippen molar-refractivity contribution in [2.24, 2.45) is 0 Å². The van der Waals surface area contributed by atoms with E-state index in [1.807, 2.05) is 19.1 Å². The molecule has 4 rings (SSSR count). The Kier molecular flexibility index (Phi) is 3.88. The molecule has 132 valence electrons. The molecule has 0 unspecified atom stereocenters. The average Bonchev–Trinajstić information content (AvgIpc) is 3.39. The number of anilines is 1. The van der Waals surface area contributed by atoms with E-state index in [4.69, 9.17) is 13.6 Å². The predicted molar refractivity (Wildman–Crippen MR) is 91.9 cm³/mol. The standard InChI is InChI=1S/C17H15N5O4/c1-3-22-8-7-11(21-22)15(23)18-17-20-19-16(26-17)13-9-10-5-4-6-12(24-2)14(10)25-13/h4-9H,3H2,1-2H3,(H,18,20,23). The molecule has 0 radical (unpaired) electrons. The Morgan fingerprint density at radius 2 is 2.15 bits per heavy atom. The van der Waals surface area contributed by atoms with Crippen molar-refractivity contribution in [1.29, 1.82) is 0 Å². The van der Waals surface area contributed by atoms with Crippen LogP contribution in [0.4, 0.5) is 6.01 Å². The first kappa shape index (κ1) is 15.9. The smallest absolute Gasteiger partial charge is 0.322 e. The number of nitrogens with one attached hydrogen (secondary N) is 1. The minimum atomic E-state index is -0.432. The van der Waals surface area contributed by atoms with Gasteiger partial charge in [0.15, 0.2) is 22.8 Å². The van der Waals surface area contributed by atoms with Crippen LogP contribution in [-0.2, 0) is 6.54 Å². The fourth-order valence-corrected chi connectivity index (χ4v) is 2.50. The number of carbonyl (C=O) groups excluding carboxylic acids is 1. The van der Waals surface area contributed by atoms with Crippen molar-refractivity contribution < 1.29 is 18.4 Å². The predicted octanol–water partition coefficient (Wildman–Crippen LogP) is 2.96. The first-order chi connectivity index (χ1) is 12.7. The Hall–Kier alpha value is -3.62. The number of aromatic nitrogens is 4. The fraction of sp³-hybridized carbons (Fsp3) is 0.176. The third-order valence-electron chi connectivity index (χ3n) is 3.78. The lowest BCUT2D eigenvalue weighted by Crippen LogP contribution is -2.13. The number of carbonyl (C=O) groups is 1. The Labute approximate surface area is 147 Å². The Morgan fingerprint density at radius 1 is 1.27 bits per heavy atom. The van der Waals surface area contributed by atoms with E-state index in [2.05, 4.69) is 20.6 Å².